The van der Waals surface area contributed by atoms with Gasteiger partial charge in [0.25, 0.3) is 10.0 Å². The lowest BCUT2D eigenvalue weighted by atomic mass is 10.0. The molecule has 0 fully saturated rings. The first-order valence-corrected chi connectivity index (χ1v) is 16.4. The van der Waals surface area contributed by atoms with Crippen LogP contribution >= 0.6 is 0 Å². The maximum Gasteiger partial charge on any atom is 0.280 e. The summed E-state index contributed by atoms with van der Waals surface area (Å²) in [5.41, 5.74) is 1.56. The number of fused-ring (bicyclic) bond motifs is 1. The van der Waals surface area contributed by atoms with Gasteiger partial charge in [-0.15, -0.1) is 0 Å². The number of carbonyl (C=O) groups excluding carboxylic acids is 1. The number of hydrogen-bond acceptors (Lipinski definition) is 8. The van der Waals surface area contributed by atoms with Crippen molar-refractivity contribution in [3.05, 3.63) is 66.1 Å². The third-order valence-corrected chi connectivity index (χ3v) is 10.4. The van der Waals surface area contributed by atoms with Crippen molar-refractivity contribution in [2.24, 2.45) is 13.0 Å². The SMILES string of the molecule is Cc1ccc(S(=O)(=O)N(C)C[C@H]2Oc3ccc(NS(=O)(=O)c4cn(C)cn4)cc3CC(=O)N([C@@H](C)CO)C[C@H]2C)cc1. The van der Waals surface area contributed by atoms with Gasteiger partial charge in [0.2, 0.25) is 15.9 Å². The first-order chi connectivity index (χ1) is 19.7. The highest BCUT2D eigenvalue weighted by Crippen LogP contribution is 2.30. The summed E-state index contributed by atoms with van der Waals surface area (Å²) in [7, 11) is -4.69. The van der Waals surface area contributed by atoms with E-state index in [0.717, 1.165) is 5.56 Å². The van der Waals surface area contributed by atoms with Gasteiger partial charge in [0.05, 0.1) is 36.8 Å². The highest BCUT2D eigenvalue weighted by Gasteiger charge is 2.33. The predicted octanol–water partition coefficient (Wildman–Crippen LogP) is 2.00. The zero-order valence-corrected chi connectivity index (χ0v) is 25.9. The van der Waals surface area contributed by atoms with E-state index < -0.39 is 32.2 Å². The van der Waals surface area contributed by atoms with E-state index in [9.17, 15) is 26.7 Å². The number of aromatic nitrogens is 2. The van der Waals surface area contributed by atoms with E-state index in [1.807, 2.05) is 13.8 Å². The number of sulfonamides is 2. The van der Waals surface area contributed by atoms with E-state index in [0.29, 0.717) is 11.3 Å². The van der Waals surface area contributed by atoms with Gasteiger partial charge < -0.3 is 19.3 Å². The Morgan fingerprint density at radius 1 is 1.17 bits per heavy atom. The van der Waals surface area contributed by atoms with Crippen LogP contribution in [0.15, 0.2) is 64.9 Å². The highest BCUT2D eigenvalue weighted by atomic mass is 32.2. The molecule has 1 aliphatic heterocycles. The van der Waals surface area contributed by atoms with Crippen molar-refractivity contribution >= 4 is 31.6 Å². The molecule has 0 unspecified atom stereocenters. The van der Waals surface area contributed by atoms with Gasteiger partial charge in [0.1, 0.15) is 11.9 Å². The van der Waals surface area contributed by atoms with E-state index >= 15 is 0 Å². The van der Waals surface area contributed by atoms with Crippen molar-refractivity contribution in [3.8, 4) is 5.75 Å². The molecule has 1 amide bonds. The second kappa shape index (κ2) is 12.4. The number of ether oxygens (including phenoxy) is 1. The fourth-order valence-corrected chi connectivity index (χ4v) is 6.90. The standard InChI is InChI=1S/C28H37N5O7S2/c1-19-6-9-24(10-7-19)42(38,39)32(5)15-26-20(2)14-33(21(3)17-34)28(35)13-22-12-23(8-11-25(22)40-26)30-41(36,37)27-16-31(4)18-29-27/h6-12,16,18,20-21,26,30,34H,13-15,17H2,1-5H3/t20-,21+,26-/m1/s1. The number of imidazole rings is 1. The lowest BCUT2D eigenvalue weighted by Crippen LogP contribution is -2.48. The number of anilines is 1. The minimum absolute atomic E-state index is 0.0135. The summed E-state index contributed by atoms with van der Waals surface area (Å²) in [6.45, 7) is 5.41. The van der Waals surface area contributed by atoms with Crippen molar-refractivity contribution in [3.63, 3.8) is 0 Å². The van der Waals surface area contributed by atoms with Crippen molar-refractivity contribution in [1.82, 2.24) is 18.8 Å². The maximum absolute atomic E-state index is 13.5. The van der Waals surface area contributed by atoms with Crippen molar-refractivity contribution in [2.45, 2.75) is 49.3 Å². The first kappa shape index (κ1) is 31.5. The molecule has 4 rings (SSSR count). The Balaban J connectivity index is 1.68. The van der Waals surface area contributed by atoms with Gasteiger partial charge in [-0.25, -0.2) is 13.4 Å². The number of rotatable bonds is 9. The molecule has 3 aromatic rings. The van der Waals surface area contributed by atoms with Crippen LogP contribution in [-0.4, -0.2) is 85.5 Å². The molecule has 0 saturated heterocycles. The van der Waals surface area contributed by atoms with Gasteiger partial charge >= 0.3 is 0 Å². The Hall–Kier alpha value is -3.46. The Morgan fingerprint density at radius 3 is 2.48 bits per heavy atom. The normalized spacial score (nSPS) is 18.9. The van der Waals surface area contributed by atoms with Crippen LogP contribution in [0, 0.1) is 12.8 Å². The van der Waals surface area contributed by atoms with Crippen LogP contribution in [0.1, 0.15) is 25.0 Å². The van der Waals surface area contributed by atoms with Crippen LogP contribution in [0.3, 0.4) is 0 Å². The number of aliphatic hydroxyl groups is 1. The molecule has 12 nitrogen and oxygen atoms in total. The summed E-state index contributed by atoms with van der Waals surface area (Å²) >= 11 is 0. The number of carbonyl (C=O) groups is 1. The average Bonchev–Trinajstić information content (AvgIpc) is 3.40. The molecule has 1 aliphatic rings. The molecule has 0 bridgehead atoms. The lowest BCUT2D eigenvalue weighted by molar-refractivity contribution is -0.134. The van der Waals surface area contributed by atoms with Gasteiger partial charge in [0, 0.05) is 44.0 Å². The van der Waals surface area contributed by atoms with Gasteiger partial charge in [-0.2, -0.15) is 12.7 Å². The van der Waals surface area contributed by atoms with Crippen LogP contribution in [-0.2, 0) is 38.3 Å². The predicted molar refractivity (Wildman–Crippen MR) is 157 cm³/mol. The summed E-state index contributed by atoms with van der Waals surface area (Å²) < 4.78 is 64.1. The minimum atomic E-state index is -3.99. The molecule has 0 saturated carbocycles. The second-order valence-corrected chi connectivity index (χ2v) is 14.5. The molecular weight excluding hydrogens is 582 g/mol. The van der Waals surface area contributed by atoms with E-state index in [1.165, 1.54) is 40.6 Å². The zero-order chi connectivity index (χ0) is 30.8. The molecule has 0 spiro atoms. The summed E-state index contributed by atoms with van der Waals surface area (Å²) in [6.07, 6.45) is 1.95. The van der Waals surface area contributed by atoms with E-state index in [4.69, 9.17) is 4.74 Å². The number of aryl methyl sites for hydroxylation is 2. The number of likely N-dealkylation sites (N-methyl/N-ethyl adjacent to an activating group) is 1. The summed E-state index contributed by atoms with van der Waals surface area (Å²) in [4.78, 5) is 19.1. The van der Waals surface area contributed by atoms with Crippen LogP contribution < -0.4 is 9.46 Å². The third-order valence-electron chi connectivity index (χ3n) is 7.29. The second-order valence-electron chi connectivity index (χ2n) is 10.8. The molecule has 0 aliphatic carbocycles. The zero-order valence-electron chi connectivity index (χ0n) is 24.3. The molecule has 0 radical (unpaired) electrons. The third kappa shape index (κ3) is 6.94. The lowest BCUT2D eigenvalue weighted by Gasteiger charge is -2.33. The largest absolute Gasteiger partial charge is 0.488 e. The summed E-state index contributed by atoms with van der Waals surface area (Å²) in [5, 5.41) is 9.71. The van der Waals surface area contributed by atoms with E-state index in [2.05, 4.69) is 9.71 Å². The number of amides is 1. The topological polar surface area (TPSA) is 151 Å². The quantitative estimate of drug-likeness (QED) is 0.369. The Labute approximate surface area is 247 Å². The van der Waals surface area contributed by atoms with Crippen molar-refractivity contribution in [2.75, 3.05) is 31.5 Å². The molecule has 42 heavy (non-hydrogen) atoms. The molecular formula is C28H37N5O7S2. The summed E-state index contributed by atoms with van der Waals surface area (Å²) in [5.74, 6) is -0.271. The molecule has 2 aromatic carbocycles. The number of nitrogens with zero attached hydrogens (tertiary/aromatic N) is 4. The van der Waals surface area contributed by atoms with Crippen LogP contribution in [0.5, 0.6) is 5.75 Å². The fraction of sp³-hybridized carbons (Fsp3) is 0.429. The Bertz CT molecular complexity index is 1640. The number of aliphatic hydroxyl groups excluding tert-OH is 1. The highest BCUT2D eigenvalue weighted by molar-refractivity contribution is 7.92. The number of hydrogen-bond donors (Lipinski definition) is 2. The van der Waals surface area contributed by atoms with Crippen molar-refractivity contribution in [1.29, 1.82) is 0 Å². The molecule has 14 heteroatoms. The van der Waals surface area contributed by atoms with Gasteiger partial charge in [0.15, 0.2) is 5.03 Å². The Kier molecular flexibility index (Phi) is 9.30. The van der Waals surface area contributed by atoms with Crippen LogP contribution in [0.2, 0.25) is 0 Å². The van der Waals surface area contributed by atoms with Crippen molar-refractivity contribution < 1.29 is 31.5 Å². The summed E-state index contributed by atoms with van der Waals surface area (Å²) in [6, 6.07) is 10.7. The fourth-order valence-electron chi connectivity index (χ4n) is 4.69. The van der Waals surface area contributed by atoms with E-state index in [-0.39, 0.29) is 53.6 Å². The molecule has 228 valence electrons. The van der Waals surface area contributed by atoms with Crippen LogP contribution in [0.4, 0.5) is 5.69 Å². The van der Waals surface area contributed by atoms with Gasteiger partial charge in [-0.3, -0.25) is 9.52 Å². The minimum Gasteiger partial charge on any atom is -0.488 e. The molecule has 1 aromatic heterocycles. The maximum atomic E-state index is 13.5. The van der Waals surface area contributed by atoms with Gasteiger partial charge in [-0.05, 0) is 44.2 Å². The molecule has 2 N–H and O–H groups in total. The Morgan fingerprint density at radius 2 is 1.86 bits per heavy atom. The monoisotopic (exact) mass is 619 g/mol. The van der Waals surface area contributed by atoms with E-state index in [1.54, 1.807) is 49.2 Å². The van der Waals surface area contributed by atoms with Crippen LogP contribution in [0.25, 0.3) is 0 Å². The van der Waals surface area contributed by atoms with Gasteiger partial charge in [-0.1, -0.05) is 24.6 Å². The number of benzene rings is 2. The smallest absolute Gasteiger partial charge is 0.280 e. The first-order valence-electron chi connectivity index (χ1n) is 13.4. The number of nitrogens with one attached hydrogen (secondary N) is 1. The average molecular weight is 620 g/mol. The molecule has 2 heterocycles. The molecule has 3 atom stereocenters.